The maximum atomic E-state index is 11.7. The van der Waals surface area contributed by atoms with Gasteiger partial charge in [-0.15, -0.1) is 0 Å². The number of rotatable bonds is 7. The fourth-order valence-electron chi connectivity index (χ4n) is 2.50. The molecule has 0 radical (unpaired) electrons. The number of nitrogens with one attached hydrogen (secondary N) is 2. The lowest BCUT2D eigenvalue weighted by molar-refractivity contribution is 0.0601. The van der Waals surface area contributed by atoms with Gasteiger partial charge >= 0.3 is 5.97 Å². The molecule has 0 aliphatic carbocycles. The summed E-state index contributed by atoms with van der Waals surface area (Å²) in [6, 6.07) is 16.4. The Labute approximate surface area is 163 Å². The molecule has 1 heterocycles. The fourth-order valence-corrected chi connectivity index (χ4v) is 2.50. The molecule has 2 N–H and O–H groups in total. The summed E-state index contributed by atoms with van der Waals surface area (Å²) in [7, 11) is 1.35. The van der Waals surface area contributed by atoms with Gasteiger partial charge in [0.15, 0.2) is 0 Å². The fraction of sp³-hybridized carbons (Fsp3) is 0.190. The molecule has 0 aliphatic rings. The Balaban J connectivity index is 1.70. The van der Waals surface area contributed by atoms with Gasteiger partial charge in [0.05, 0.1) is 18.8 Å². The van der Waals surface area contributed by atoms with E-state index in [-0.39, 0.29) is 6.10 Å². The SMILES string of the molecule is COC(=O)c1cccc(Nc2nccc(Nc3ccc(OC(C)C)cc3)n2)c1. The van der Waals surface area contributed by atoms with Crippen molar-refractivity contribution in [3.8, 4) is 5.75 Å². The molecule has 144 valence electrons. The molecular formula is C21H22N4O3. The van der Waals surface area contributed by atoms with Gasteiger partial charge in [0.2, 0.25) is 5.95 Å². The maximum Gasteiger partial charge on any atom is 0.337 e. The quantitative estimate of drug-likeness (QED) is 0.584. The molecule has 2 aromatic carbocycles. The zero-order chi connectivity index (χ0) is 19.9. The van der Waals surface area contributed by atoms with Gasteiger partial charge in [-0.25, -0.2) is 9.78 Å². The summed E-state index contributed by atoms with van der Waals surface area (Å²) >= 11 is 0. The average Bonchev–Trinajstić information content (AvgIpc) is 2.69. The highest BCUT2D eigenvalue weighted by Gasteiger charge is 2.07. The van der Waals surface area contributed by atoms with Crippen molar-refractivity contribution in [1.82, 2.24) is 9.97 Å². The van der Waals surface area contributed by atoms with Crippen molar-refractivity contribution < 1.29 is 14.3 Å². The second kappa shape index (κ2) is 8.85. The summed E-state index contributed by atoms with van der Waals surface area (Å²) in [6.07, 6.45) is 1.78. The molecule has 0 bridgehead atoms. The third kappa shape index (κ3) is 5.20. The van der Waals surface area contributed by atoms with Crippen molar-refractivity contribution in [2.24, 2.45) is 0 Å². The Morgan fingerprint density at radius 1 is 1.00 bits per heavy atom. The van der Waals surface area contributed by atoms with Crippen molar-refractivity contribution in [1.29, 1.82) is 0 Å². The Morgan fingerprint density at radius 3 is 2.50 bits per heavy atom. The lowest BCUT2D eigenvalue weighted by atomic mass is 10.2. The van der Waals surface area contributed by atoms with Gasteiger partial charge in [0.1, 0.15) is 11.6 Å². The van der Waals surface area contributed by atoms with E-state index >= 15 is 0 Å². The largest absolute Gasteiger partial charge is 0.491 e. The van der Waals surface area contributed by atoms with E-state index in [2.05, 4.69) is 20.6 Å². The maximum absolute atomic E-state index is 11.7. The van der Waals surface area contributed by atoms with Gasteiger partial charge in [-0.1, -0.05) is 6.07 Å². The lowest BCUT2D eigenvalue weighted by Crippen LogP contribution is -2.05. The zero-order valence-corrected chi connectivity index (χ0v) is 16.0. The van der Waals surface area contributed by atoms with Crippen LogP contribution in [-0.4, -0.2) is 29.2 Å². The summed E-state index contributed by atoms with van der Waals surface area (Å²) in [5, 5.41) is 6.32. The predicted octanol–water partition coefficient (Wildman–Crippen LogP) is 4.54. The number of aromatic nitrogens is 2. The van der Waals surface area contributed by atoms with E-state index in [9.17, 15) is 4.79 Å². The van der Waals surface area contributed by atoms with Crippen LogP contribution < -0.4 is 15.4 Å². The molecule has 0 aliphatic heterocycles. The van der Waals surface area contributed by atoms with E-state index in [0.717, 1.165) is 11.4 Å². The van der Waals surface area contributed by atoms with Crippen LogP contribution in [0.4, 0.5) is 23.1 Å². The van der Waals surface area contributed by atoms with E-state index in [1.165, 1.54) is 7.11 Å². The summed E-state index contributed by atoms with van der Waals surface area (Å²) in [6.45, 7) is 3.98. The van der Waals surface area contributed by atoms with E-state index in [4.69, 9.17) is 9.47 Å². The number of benzene rings is 2. The Kier molecular flexibility index (Phi) is 6.06. The number of anilines is 4. The average molecular weight is 378 g/mol. The molecular weight excluding hydrogens is 356 g/mol. The van der Waals surface area contributed by atoms with Crippen LogP contribution in [0.5, 0.6) is 5.75 Å². The van der Waals surface area contributed by atoms with Crippen LogP contribution >= 0.6 is 0 Å². The van der Waals surface area contributed by atoms with Crippen LogP contribution in [0.25, 0.3) is 0 Å². The first kappa shape index (κ1) is 19.2. The third-order valence-electron chi connectivity index (χ3n) is 3.69. The highest BCUT2D eigenvalue weighted by atomic mass is 16.5. The first-order valence-electron chi connectivity index (χ1n) is 8.85. The molecule has 0 fully saturated rings. The minimum Gasteiger partial charge on any atom is -0.491 e. The molecule has 1 aromatic heterocycles. The number of ether oxygens (including phenoxy) is 2. The highest BCUT2D eigenvalue weighted by Crippen LogP contribution is 2.21. The van der Waals surface area contributed by atoms with Gasteiger partial charge in [-0.2, -0.15) is 4.98 Å². The zero-order valence-electron chi connectivity index (χ0n) is 16.0. The number of carbonyl (C=O) groups is 1. The third-order valence-corrected chi connectivity index (χ3v) is 3.69. The molecule has 7 heteroatoms. The molecule has 3 aromatic rings. The van der Waals surface area contributed by atoms with Gasteiger partial charge in [0, 0.05) is 17.6 Å². The standard InChI is InChI=1S/C21H22N4O3/c1-14(2)28-18-9-7-16(8-10-18)23-19-11-12-22-21(25-19)24-17-6-4-5-15(13-17)20(26)27-3/h4-14H,1-3H3,(H2,22,23,24,25). The number of methoxy groups -OCH3 is 1. The van der Waals surface area contributed by atoms with E-state index < -0.39 is 5.97 Å². The lowest BCUT2D eigenvalue weighted by Gasteiger charge is -2.11. The van der Waals surface area contributed by atoms with Gasteiger partial charge < -0.3 is 20.1 Å². The number of hydrogen-bond acceptors (Lipinski definition) is 7. The number of nitrogens with zero attached hydrogens (tertiary/aromatic N) is 2. The minimum absolute atomic E-state index is 0.131. The first-order valence-corrected chi connectivity index (χ1v) is 8.85. The predicted molar refractivity (Wildman–Crippen MR) is 109 cm³/mol. The number of carbonyl (C=O) groups excluding carboxylic acids is 1. The van der Waals surface area contributed by atoms with Crippen molar-refractivity contribution in [2.75, 3.05) is 17.7 Å². The normalized spacial score (nSPS) is 10.4. The van der Waals surface area contributed by atoms with Crippen molar-refractivity contribution in [3.05, 3.63) is 66.4 Å². The van der Waals surface area contributed by atoms with Crippen molar-refractivity contribution in [2.45, 2.75) is 20.0 Å². The van der Waals surface area contributed by atoms with Crippen LogP contribution in [0.2, 0.25) is 0 Å². The number of hydrogen-bond donors (Lipinski definition) is 2. The molecule has 0 atom stereocenters. The van der Waals surface area contributed by atoms with Crippen molar-refractivity contribution >= 4 is 29.1 Å². The van der Waals surface area contributed by atoms with Gasteiger partial charge in [-0.05, 0) is 62.4 Å². The van der Waals surface area contributed by atoms with Crippen molar-refractivity contribution in [3.63, 3.8) is 0 Å². The van der Waals surface area contributed by atoms with Gasteiger partial charge in [-0.3, -0.25) is 0 Å². The van der Waals surface area contributed by atoms with Crippen LogP contribution in [0.3, 0.4) is 0 Å². The van der Waals surface area contributed by atoms with E-state index in [1.807, 2.05) is 44.2 Å². The Hall–Kier alpha value is -3.61. The molecule has 3 rings (SSSR count). The topological polar surface area (TPSA) is 85.4 Å². The Morgan fingerprint density at radius 2 is 1.79 bits per heavy atom. The first-order chi connectivity index (χ1) is 13.5. The second-order valence-corrected chi connectivity index (χ2v) is 6.28. The van der Waals surface area contributed by atoms with E-state index in [1.54, 1.807) is 30.5 Å². The molecule has 0 unspecified atom stereocenters. The molecule has 0 amide bonds. The molecule has 0 saturated carbocycles. The van der Waals surface area contributed by atoms with Crippen LogP contribution in [0.15, 0.2) is 60.8 Å². The van der Waals surface area contributed by atoms with Crippen LogP contribution in [0, 0.1) is 0 Å². The summed E-state index contributed by atoms with van der Waals surface area (Å²) in [4.78, 5) is 20.3. The number of esters is 1. The second-order valence-electron chi connectivity index (χ2n) is 6.28. The highest BCUT2D eigenvalue weighted by molar-refractivity contribution is 5.90. The monoisotopic (exact) mass is 378 g/mol. The molecule has 28 heavy (non-hydrogen) atoms. The smallest absolute Gasteiger partial charge is 0.337 e. The molecule has 7 nitrogen and oxygen atoms in total. The van der Waals surface area contributed by atoms with Crippen LogP contribution in [0.1, 0.15) is 24.2 Å². The summed E-state index contributed by atoms with van der Waals surface area (Å²) in [5.74, 6) is 1.46. The molecule has 0 spiro atoms. The van der Waals surface area contributed by atoms with Crippen LogP contribution in [-0.2, 0) is 4.74 Å². The summed E-state index contributed by atoms with van der Waals surface area (Å²) < 4.78 is 10.4. The van der Waals surface area contributed by atoms with Gasteiger partial charge in [0.25, 0.3) is 0 Å². The van der Waals surface area contributed by atoms with E-state index in [0.29, 0.717) is 23.0 Å². The minimum atomic E-state index is -0.398. The summed E-state index contributed by atoms with van der Waals surface area (Å²) in [5.41, 5.74) is 2.02. The Bertz CT molecular complexity index is 942. The molecule has 0 saturated heterocycles.